The largest absolute Gasteiger partial charge is 0.508 e. The maximum atomic E-state index is 12.1. The highest BCUT2D eigenvalue weighted by atomic mass is 79.9. The number of benzene rings is 2. The lowest BCUT2D eigenvalue weighted by atomic mass is 10.1. The molecule has 0 radical (unpaired) electrons. The zero-order valence-electron chi connectivity index (χ0n) is 14.6. The summed E-state index contributed by atoms with van der Waals surface area (Å²) in [6.45, 7) is 5.30. The van der Waals surface area contributed by atoms with Crippen molar-refractivity contribution in [1.82, 2.24) is 5.01 Å². The fourth-order valence-electron chi connectivity index (χ4n) is 2.56. The van der Waals surface area contributed by atoms with Gasteiger partial charge in [-0.05, 0) is 56.3 Å². The Morgan fingerprint density at radius 3 is 2.58 bits per heavy atom. The van der Waals surface area contributed by atoms with Gasteiger partial charge < -0.3 is 14.6 Å². The molecule has 0 spiro atoms. The number of carbonyl (C=O) groups excluding carboxylic acids is 1. The number of carbonyl (C=O) groups is 1. The van der Waals surface area contributed by atoms with Crippen LogP contribution in [0.1, 0.15) is 38.1 Å². The summed E-state index contributed by atoms with van der Waals surface area (Å²) in [5.74, 6) is 0.813. The van der Waals surface area contributed by atoms with Crippen LogP contribution in [0, 0.1) is 0 Å². The van der Waals surface area contributed by atoms with Crippen molar-refractivity contribution in [2.45, 2.75) is 33.1 Å². The minimum absolute atomic E-state index is 0.0197. The monoisotopic (exact) mass is 418 g/mol. The molecule has 0 saturated carbocycles. The molecule has 6 nitrogen and oxygen atoms in total. The third-order valence-corrected chi connectivity index (χ3v) is 4.17. The van der Waals surface area contributed by atoms with Gasteiger partial charge in [0.15, 0.2) is 0 Å². The van der Waals surface area contributed by atoms with Gasteiger partial charge in [0.1, 0.15) is 11.5 Å². The third-order valence-electron chi connectivity index (χ3n) is 3.68. The first-order valence-electron chi connectivity index (χ1n) is 8.15. The highest BCUT2D eigenvalue weighted by Gasteiger charge is 2.34. The zero-order chi connectivity index (χ0) is 18.8. The van der Waals surface area contributed by atoms with Crippen LogP contribution in [0.25, 0.3) is 0 Å². The maximum Gasteiger partial charge on any atom is 0.244 e. The van der Waals surface area contributed by atoms with Crippen molar-refractivity contribution < 1.29 is 19.4 Å². The Balaban J connectivity index is 1.99. The number of phenols is 1. The van der Waals surface area contributed by atoms with Crippen molar-refractivity contribution in [2.75, 3.05) is 0 Å². The molecule has 0 fully saturated rings. The number of hydrogen-bond acceptors (Lipinski definition) is 5. The van der Waals surface area contributed by atoms with E-state index >= 15 is 0 Å². The van der Waals surface area contributed by atoms with Crippen molar-refractivity contribution in [2.24, 2.45) is 5.10 Å². The fourth-order valence-corrected chi connectivity index (χ4v) is 2.92. The van der Waals surface area contributed by atoms with E-state index in [0.717, 1.165) is 4.47 Å². The lowest BCUT2D eigenvalue weighted by Crippen LogP contribution is -2.25. The molecule has 1 atom stereocenters. The van der Waals surface area contributed by atoms with E-state index in [0.29, 0.717) is 22.8 Å². The lowest BCUT2D eigenvalue weighted by Gasteiger charge is -2.19. The number of halogens is 1. The van der Waals surface area contributed by atoms with E-state index in [-0.39, 0.29) is 17.8 Å². The van der Waals surface area contributed by atoms with Gasteiger partial charge in [0.25, 0.3) is 0 Å². The molecule has 26 heavy (non-hydrogen) atoms. The highest BCUT2D eigenvalue weighted by molar-refractivity contribution is 9.10. The van der Waals surface area contributed by atoms with Crippen LogP contribution in [-0.2, 0) is 9.53 Å². The first-order valence-corrected chi connectivity index (χ1v) is 8.95. The summed E-state index contributed by atoms with van der Waals surface area (Å²) in [4.78, 5) is 12.1. The van der Waals surface area contributed by atoms with E-state index in [4.69, 9.17) is 9.47 Å². The Bertz CT molecular complexity index is 849. The molecule has 1 aliphatic rings. The molecule has 0 aliphatic carbocycles. The van der Waals surface area contributed by atoms with Crippen LogP contribution < -0.4 is 4.74 Å². The average molecular weight is 419 g/mol. The Kier molecular flexibility index (Phi) is 5.18. The van der Waals surface area contributed by atoms with E-state index in [1.807, 2.05) is 32.0 Å². The molecule has 1 amide bonds. The van der Waals surface area contributed by atoms with E-state index in [2.05, 4.69) is 21.0 Å². The van der Waals surface area contributed by atoms with Crippen molar-refractivity contribution >= 4 is 27.7 Å². The number of nitrogens with zero attached hydrogens (tertiary/aromatic N) is 2. The smallest absolute Gasteiger partial charge is 0.244 e. The molecule has 1 heterocycles. The second kappa shape index (κ2) is 7.37. The molecule has 0 bridgehead atoms. The molecule has 1 N–H and O–H groups in total. The number of aromatic hydroxyl groups is 1. The van der Waals surface area contributed by atoms with Crippen molar-refractivity contribution in [3.63, 3.8) is 0 Å². The van der Waals surface area contributed by atoms with Crippen LogP contribution in [-0.4, -0.2) is 28.0 Å². The minimum atomic E-state index is -0.700. The first-order chi connectivity index (χ1) is 12.3. The number of hydrogen-bond donors (Lipinski definition) is 1. The molecule has 2 aromatic carbocycles. The van der Waals surface area contributed by atoms with Gasteiger partial charge in [-0.25, -0.2) is 0 Å². The Morgan fingerprint density at radius 1 is 1.27 bits per heavy atom. The topological polar surface area (TPSA) is 71.4 Å². The summed E-state index contributed by atoms with van der Waals surface area (Å²) in [6, 6.07) is 12.0. The normalized spacial score (nSPS) is 16.4. The Morgan fingerprint density at radius 2 is 1.96 bits per heavy atom. The van der Waals surface area contributed by atoms with Crippen LogP contribution >= 0.6 is 15.9 Å². The quantitative estimate of drug-likeness (QED) is 0.807. The molecule has 0 aromatic heterocycles. The van der Waals surface area contributed by atoms with Gasteiger partial charge in [-0.15, -0.1) is 5.10 Å². The van der Waals surface area contributed by atoms with Gasteiger partial charge >= 0.3 is 0 Å². The summed E-state index contributed by atoms with van der Waals surface area (Å²) >= 11 is 3.45. The predicted molar refractivity (Wildman–Crippen MR) is 101 cm³/mol. The zero-order valence-corrected chi connectivity index (χ0v) is 16.2. The maximum absolute atomic E-state index is 12.1. The van der Waals surface area contributed by atoms with Crippen LogP contribution in [0.5, 0.6) is 11.5 Å². The number of phenolic OH excluding ortho intramolecular Hbond substituents is 1. The van der Waals surface area contributed by atoms with Gasteiger partial charge in [0.05, 0.1) is 11.7 Å². The molecule has 3 rings (SSSR count). The Hall–Kier alpha value is -2.54. The summed E-state index contributed by atoms with van der Waals surface area (Å²) in [7, 11) is 0. The van der Waals surface area contributed by atoms with Gasteiger partial charge in [0.2, 0.25) is 18.0 Å². The summed E-state index contributed by atoms with van der Waals surface area (Å²) in [6.07, 6.45) is -0.720. The highest BCUT2D eigenvalue weighted by Crippen LogP contribution is 2.34. The van der Waals surface area contributed by atoms with Crippen molar-refractivity contribution in [1.29, 1.82) is 0 Å². The fraction of sp³-hybridized carbons (Fsp3) is 0.263. The van der Waals surface area contributed by atoms with Gasteiger partial charge in [-0.2, -0.15) is 5.01 Å². The van der Waals surface area contributed by atoms with E-state index < -0.39 is 6.23 Å². The standard InChI is InChI=1S/C19H19BrN2O4/c1-11(2)25-17-9-6-14(20)10-16(17)18-21-22(12(3)23)19(26-18)13-4-7-15(24)8-5-13/h4-11,19,24H,1-3H3. The van der Waals surface area contributed by atoms with Gasteiger partial charge in [-0.1, -0.05) is 15.9 Å². The van der Waals surface area contributed by atoms with Crippen molar-refractivity contribution in [3.05, 3.63) is 58.1 Å². The van der Waals surface area contributed by atoms with E-state index in [1.54, 1.807) is 24.3 Å². The Labute approximate surface area is 160 Å². The molecular weight excluding hydrogens is 400 g/mol. The lowest BCUT2D eigenvalue weighted by molar-refractivity contribution is -0.135. The van der Waals surface area contributed by atoms with Crippen LogP contribution in [0.15, 0.2) is 52.0 Å². The summed E-state index contributed by atoms with van der Waals surface area (Å²) < 4.78 is 12.7. The number of amides is 1. The minimum Gasteiger partial charge on any atom is -0.508 e. The second-order valence-electron chi connectivity index (χ2n) is 6.14. The third kappa shape index (κ3) is 3.83. The van der Waals surface area contributed by atoms with Crippen LogP contribution in [0.4, 0.5) is 0 Å². The SMILES string of the molecule is CC(=O)N1N=C(c2cc(Br)ccc2OC(C)C)OC1c1ccc(O)cc1. The molecule has 7 heteroatoms. The van der Waals surface area contributed by atoms with Gasteiger partial charge in [-0.3, -0.25) is 4.79 Å². The predicted octanol–water partition coefficient (Wildman–Crippen LogP) is 4.18. The van der Waals surface area contributed by atoms with Crippen molar-refractivity contribution in [3.8, 4) is 11.5 Å². The molecule has 1 aliphatic heterocycles. The van der Waals surface area contributed by atoms with Crippen LogP contribution in [0.2, 0.25) is 0 Å². The second-order valence-corrected chi connectivity index (χ2v) is 7.05. The number of hydrazone groups is 1. The summed E-state index contributed by atoms with van der Waals surface area (Å²) in [5.41, 5.74) is 1.36. The van der Waals surface area contributed by atoms with Crippen LogP contribution in [0.3, 0.4) is 0 Å². The number of ether oxygens (including phenoxy) is 2. The molecule has 136 valence electrons. The van der Waals surface area contributed by atoms with E-state index in [9.17, 15) is 9.90 Å². The average Bonchev–Trinajstić information content (AvgIpc) is 3.02. The molecule has 1 unspecified atom stereocenters. The summed E-state index contributed by atoms with van der Waals surface area (Å²) in [5, 5.41) is 15.1. The molecular formula is C19H19BrN2O4. The molecule has 0 saturated heterocycles. The molecule has 2 aromatic rings. The number of rotatable bonds is 4. The van der Waals surface area contributed by atoms with Gasteiger partial charge in [0, 0.05) is 17.0 Å². The first kappa shape index (κ1) is 18.3. The van der Waals surface area contributed by atoms with E-state index in [1.165, 1.54) is 11.9 Å².